The summed E-state index contributed by atoms with van der Waals surface area (Å²) in [5.74, 6) is -0.876. The molecule has 1 heterocycles. The van der Waals surface area contributed by atoms with E-state index in [9.17, 15) is 14.4 Å². The van der Waals surface area contributed by atoms with Gasteiger partial charge < -0.3 is 5.32 Å². The van der Waals surface area contributed by atoms with Gasteiger partial charge in [0.25, 0.3) is 11.1 Å². The number of aryl methyl sites for hydroxylation is 1. The van der Waals surface area contributed by atoms with E-state index in [2.05, 4.69) is 21.2 Å². The van der Waals surface area contributed by atoms with Crippen molar-refractivity contribution >= 4 is 56.5 Å². The molecule has 0 bridgehead atoms. The minimum Gasteiger partial charge on any atom is -0.325 e. The summed E-state index contributed by atoms with van der Waals surface area (Å²) in [6, 6.07) is 14.7. The summed E-state index contributed by atoms with van der Waals surface area (Å²) < 4.78 is 0.878. The number of hydrogen-bond donors (Lipinski definition) is 1. The van der Waals surface area contributed by atoms with Crippen molar-refractivity contribution in [2.75, 3.05) is 11.9 Å². The number of nitrogens with zero attached hydrogens (tertiary/aromatic N) is 1. The number of carbonyl (C=O) groups is 3. The van der Waals surface area contributed by atoms with Crippen molar-refractivity contribution in [2.24, 2.45) is 0 Å². The second kappa shape index (κ2) is 7.88. The lowest BCUT2D eigenvalue weighted by Crippen LogP contribution is -2.36. The zero-order chi connectivity index (χ0) is 18.7. The zero-order valence-electron chi connectivity index (χ0n) is 13.9. The number of benzene rings is 2. The number of carbonyl (C=O) groups excluding carboxylic acids is 3. The summed E-state index contributed by atoms with van der Waals surface area (Å²) in [5.41, 5.74) is 2.50. The van der Waals surface area contributed by atoms with Crippen LogP contribution in [0.4, 0.5) is 10.5 Å². The quantitative estimate of drug-likeness (QED) is 0.728. The van der Waals surface area contributed by atoms with Gasteiger partial charge in [-0.1, -0.05) is 45.8 Å². The molecule has 2 aromatic carbocycles. The molecule has 1 N–H and O–H groups in total. The molecule has 7 heteroatoms. The first-order valence-electron chi connectivity index (χ1n) is 7.80. The fraction of sp³-hybridized carbons (Fsp3) is 0.105. The molecule has 0 atom stereocenters. The van der Waals surface area contributed by atoms with E-state index in [1.54, 1.807) is 18.2 Å². The molecule has 26 heavy (non-hydrogen) atoms. The standard InChI is InChI=1S/C19H15BrN2O3S/c1-12-5-7-15(8-6-12)21-17(23)11-22-18(24)16(26-19(22)25)10-13-3-2-4-14(20)9-13/h2-10H,11H2,1H3,(H,21,23)/b16-10+. The van der Waals surface area contributed by atoms with Crippen molar-refractivity contribution in [1.82, 2.24) is 4.90 Å². The first-order valence-corrected chi connectivity index (χ1v) is 9.41. The maximum Gasteiger partial charge on any atom is 0.294 e. The van der Waals surface area contributed by atoms with Gasteiger partial charge in [-0.2, -0.15) is 0 Å². The number of thioether (sulfide) groups is 1. The highest BCUT2D eigenvalue weighted by Crippen LogP contribution is 2.32. The van der Waals surface area contributed by atoms with Crippen molar-refractivity contribution < 1.29 is 14.4 Å². The molecule has 3 rings (SSSR count). The number of imide groups is 1. The van der Waals surface area contributed by atoms with Gasteiger partial charge in [0, 0.05) is 10.2 Å². The Bertz CT molecular complexity index is 909. The Balaban J connectivity index is 1.69. The van der Waals surface area contributed by atoms with Gasteiger partial charge in [-0.15, -0.1) is 0 Å². The Kier molecular flexibility index (Phi) is 5.58. The molecule has 0 spiro atoms. The van der Waals surface area contributed by atoms with Crippen molar-refractivity contribution in [1.29, 1.82) is 0 Å². The minimum atomic E-state index is -0.459. The molecule has 1 fully saturated rings. The molecule has 0 aromatic heterocycles. The normalized spacial score (nSPS) is 15.6. The smallest absolute Gasteiger partial charge is 0.294 e. The maximum absolute atomic E-state index is 12.5. The van der Waals surface area contributed by atoms with Gasteiger partial charge in [-0.25, -0.2) is 0 Å². The Hall–Kier alpha value is -2.38. The molecular formula is C19H15BrN2O3S. The minimum absolute atomic E-state index is 0.302. The van der Waals surface area contributed by atoms with Crippen LogP contribution in [0.15, 0.2) is 57.9 Å². The van der Waals surface area contributed by atoms with Gasteiger partial charge in [-0.05, 0) is 54.6 Å². The molecule has 3 amide bonds. The number of nitrogens with one attached hydrogen (secondary N) is 1. The topological polar surface area (TPSA) is 66.5 Å². The fourth-order valence-electron chi connectivity index (χ4n) is 2.37. The lowest BCUT2D eigenvalue weighted by atomic mass is 10.2. The first kappa shape index (κ1) is 18.4. The number of halogens is 1. The van der Waals surface area contributed by atoms with Crippen LogP contribution in [0.5, 0.6) is 0 Å². The highest BCUT2D eigenvalue weighted by molar-refractivity contribution is 9.10. The summed E-state index contributed by atoms with van der Waals surface area (Å²) in [4.78, 5) is 38.0. The number of amides is 3. The van der Waals surface area contributed by atoms with E-state index >= 15 is 0 Å². The maximum atomic E-state index is 12.5. The lowest BCUT2D eigenvalue weighted by Gasteiger charge is -2.12. The van der Waals surface area contributed by atoms with Crippen molar-refractivity contribution in [3.63, 3.8) is 0 Å². The van der Waals surface area contributed by atoms with Gasteiger partial charge in [0.2, 0.25) is 5.91 Å². The largest absolute Gasteiger partial charge is 0.325 e. The number of hydrogen-bond acceptors (Lipinski definition) is 4. The highest BCUT2D eigenvalue weighted by Gasteiger charge is 2.36. The Labute approximate surface area is 163 Å². The molecule has 5 nitrogen and oxygen atoms in total. The molecule has 0 saturated carbocycles. The predicted molar refractivity (Wildman–Crippen MR) is 107 cm³/mol. The van der Waals surface area contributed by atoms with Crippen LogP contribution in [-0.4, -0.2) is 28.5 Å². The van der Waals surface area contributed by atoms with Crippen molar-refractivity contribution in [3.8, 4) is 0 Å². The average Bonchev–Trinajstić information content (AvgIpc) is 2.84. The van der Waals surface area contributed by atoms with E-state index in [-0.39, 0.29) is 6.54 Å². The third-order valence-electron chi connectivity index (χ3n) is 3.66. The first-order chi connectivity index (χ1) is 12.4. The molecule has 0 unspecified atom stereocenters. The SMILES string of the molecule is Cc1ccc(NC(=O)CN2C(=O)S/C(=C/c3cccc(Br)c3)C2=O)cc1. The van der Waals surface area contributed by atoms with Gasteiger partial charge in [0.15, 0.2) is 0 Å². The van der Waals surface area contributed by atoms with Crippen LogP contribution in [-0.2, 0) is 9.59 Å². The number of rotatable bonds is 4. The van der Waals surface area contributed by atoms with E-state index in [4.69, 9.17) is 0 Å². The Morgan fingerprint density at radius 3 is 2.62 bits per heavy atom. The summed E-state index contributed by atoms with van der Waals surface area (Å²) in [5, 5.41) is 2.24. The monoisotopic (exact) mass is 430 g/mol. The highest BCUT2D eigenvalue weighted by atomic mass is 79.9. The van der Waals surface area contributed by atoms with Crippen molar-refractivity contribution in [3.05, 3.63) is 69.0 Å². The molecule has 1 aliphatic heterocycles. The lowest BCUT2D eigenvalue weighted by molar-refractivity contribution is -0.127. The van der Waals surface area contributed by atoms with Crippen LogP contribution in [0.1, 0.15) is 11.1 Å². The second-order valence-electron chi connectivity index (χ2n) is 5.74. The van der Waals surface area contributed by atoms with Crippen LogP contribution < -0.4 is 5.32 Å². The van der Waals surface area contributed by atoms with E-state index < -0.39 is 17.1 Å². The van der Waals surface area contributed by atoms with Gasteiger partial charge >= 0.3 is 0 Å². The van der Waals surface area contributed by atoms with Crippen LogP contribution in [0.2, 0.25) is 0 Å². The van der Waals surface area contributed by atoms with Crippen LogP contribution >= 0.6 is 27.7 Å². The molecule has 0 radical (unpaired) electrons. The molecule has 1 saturated heterocycles. The van der Waals surface area contributed by atoms with E-state index in [1.165, 1.54) is 0 Å². The summed E-state index contributed by atoms with van der Waals surface area (Å²) in [7, 11) is 0. The van der Waals surface area contributed by atoms with E-state index in [1.807, 2.05) is 43.3 Å². The molecule has 1 aliphatic rings. The third kappa shape index (κ3) is 4.42. The predicted octanol–water partition coefficient (Wildman–Crippen LogP) is 4.43. The van der Waals surface area contributed by atoms with Crippen LogP contribution in [0, 0.1) is 6.92 Å². The molecule has 132 valence electrons. The summed E-state index contributed by atoms with van der Waals surface area (Å²) in [6.45, 7) is 1.64. The molecule has 2 aromatic rings. The zero-order valence-corrected chi connectivity index (χ0v) is 16.3. The second-order valence-corrected chi connectivity index (χ2v) is 7.65. The van der Waals surface area contributed by atoms with E-state index in [0.29, 0.717) is 10.6 Å². The van der Waals surface area contributed by atoms with Crippen LogP contribution in [0.3, 0.4) is 0 Å². The number of anilines is 1. The molecule has 0 aliphatic carbocycles. The molecular weight excluding hydrogens is 416 g/mol. The fourth-order valence-corrected chi connectivity index (χ4v) is 3.62. The van der Waals surface area contributed by atoms with Crippen LogP contribution in [0.25, 0.3) is 6.08 Å². The Morgan fingerprint density at radius 2 is 1.92 bits per heavy atom. The van der Waals surface area contributed by atoms with Crippen molar-refractivity contribution in [2.45, 2.75) is 6.92 Å². The third-order valence-corrected chi connectivity index (χ3v) is 5.06. The van der Waals surface area contributed by atoms with Gasteiger partial charge in [0.05, 0.1) is 4.91 Å². The Morgan fingerprint density at radius 1 is 1.19 bits per heavy atom. The summed E-state index contributed by atoms with van der Waals surface area (Å²) >= 11 is 4.20. The van der Waals surface area contributed by atoms with Gasteiger partial charge in [0.1, 0.15) is 6.54 Å². The van der Waals surface area contributed by atoms with E-state index in [0.717, 1.165) is 32.3 Å². The van der Waals surface area contributed by atoms with Gasteiger partial charge in [-0.3, -0.25) is 19.3 Å². The summed E-state index contributed by atoms with van der Waals surface area (Å²) in [6.07, 6.45) is 1.65. The average molecular weight is 431 g/mol.